The fraction of sp³-hybridized carbons (Fsp3) is 0.233. The van der Waals surface area contributed by atoms with E-state index in [-0.39, 0.29) is 19.8 Å². The molecule has 0 radical (unpaired) electrons. The van der Waals surface area contributed by atoms with Gasteiger partial charge in [0.05, 0.1) is 46.3 Å². The molecular formula is C30H32N4O9. The van der Waals surface area contributed by atoms with Crippen molar-refractivity contribution >= 4 is 35.6 Å². The molecule has 3 amide bonds. The lowest BCUT2D eigenvalue weighted by molar-refractivity contribution is -0.120. The molecule has 13 nitrogen and oxygen atoms in total. The van der Waals surface area contributed by atoms with Crippen molar-refractivity contribution in [2.45, 2.75) is 6.92 Å². The second kappa shape index (κ2) is 16.0. The second-order valence-corrected chi connectivity index (χ2v) is 8.59. The summed E-state index contributed by atoms with van der Waals surface area (Å²) >= 11 is 0. The van der Waals surface area contributed by atoms with E-state index in [0.717, 1.165) is 0 Å². The van der Waals surface area contributed by atoms with Crippen molar-refractivity contribution in [2.75, 3.05) is 46.4 Å². The summed E-state index contributed by atoms with van der Waals surface area (Å²) in [6.45, 7) is 1.39. The van der Waals surface area contributed by atoms with Gasteiger partial charge in [0.1, 0.15) is 0 Å². The highest BCUT2D eigenvalue weighted by atomic mass is 16.5. The Bertz CT molecular complexity index is 1470. The van der Waals surface area contributed by atoms with E-state index in [1.165, 1.54) is 33.6 Å². The lowest BCUT2D eigenvalue weighted by Crippen LogP contribution is -2.34. The molecule has 3 N–H and O–H groups in total. The normalized spacial score (nSPS) is 10.4. The van der Waals surface area contributed by atoms with Gasteiger partial charge in [0.15, 0.2) is 29.6 Å². The molecule has 226 valence electrons. The molecule has 3 aromatic rings. The maximum atomic E-state index is 12.4. The number of hydrogen-bond donors (Lipinski definition) is 3. The van der Waals surface area contributed by atoms with Crippen molar-refractivity contribution in [2.24, 2.45) is 5.10 Å². The van der Waals surface area contributed by atoms with Crippen molar-refractivity contribution in [1.29, 1.82) is 0 Å². The topological polar surface area (TPSA) is 163 Å². The van der Waals surface area contributed by atoms with E-state index >= 15 is 0 Å². The fourth-order valence-corrected chi connectivity index (χ4v) is 3.59. The molecule has 0 aliphatic carbocycles. The molecule has 0 heterocycles. The van der Waals surface area contributed by atoms with Crippen LogP contribution in [0.3, 0.4) is 0 Å². The van der Waals surface area contributed by atoms with Gasteiger partial charge in [-0.05, 0) is 73.2 Å². The molecular weight excluding hydrogens is 560 g/mol. The number of nitrogens with zero attached hydrogens (tertiary/aromatic N) is 1. The summed E-state index contributed by atoms with van der Waals surface area (Å²) in [5.74, 6) is -0.361. The highest BCUT2D eigenvalue weighted by Gasteiger charge is 2.13. The van der Waals surface area contributed by atoms with Crippen molar-refractivity contribution in [1.82, 2.24) is 10.7 Å². The predicted molar refractivity (Wildman–Crippen MR) is 157 cm³/mol. The summed E-state index contributed by atoms with van der Waals surface area (Å²) in [5, 5.41) is 9.08. The number of hydrazone groups is 1. The molecule has 0 aromatic heterocycles. The Kier molecular flexibility index (Phi) is 11.9. The molecule has 0 saturated carbocycles. The third kappa shape index (κ3) is 9.49. The van der Waals surface area contributed by atoms with Crippen LogP contribution in [0.4, 0.5) is 5.69 Å². The van der Waals surface area contributed by atoms with Crippen molar-refractivity contribution < 1.29 is 42.9 Å². The average molecular weight is 593 g/mol. The Morgan fingerprint density at radius 1 is 0.767 bits per heavy atom. The SMILES string of the molecule is CCOC(=O)c1ccc(NC(=O)COc2ccc(C=NNC(=O)CNC(=O)c3ccc(OC)c(OC)c3)cc2OC)cc1. The standard InChI is InChI=1S/C30H32N4O9/c1-5-42-30(38)20-7-10-22(11-8-20)33-28(36)18-43-24-12-6-19(14-25(24)40-3)16-32-34-27(35)17-31-29(37)21-9-13-23(39-2)26(15-21)41-4/h6-16H,5,17-18H2,1-4H3,(H,31,37)(H,33,36)(H,34,35). The van der Waals surface area contributed by atoms with Crippen LogP contribution in [-0.4, -0.2) is 71.0 Å². The molecule has 0 bridgehead atoms. The first-order valence-electron chi connectivity index (χ1n) is 13.0. The van der Waals surface area contributed by atoms with E-state index in [1.54, 1.807) is 61.5 Å². The van der Waals surface area contributed by atoms with Gasteiger partial charge in [-0.15, -0.1) is 0 Å². The molecule has 43 heavy (non-hydrogen) atoms. The lowest BCUT2D eigenvalue weighted by Gasteiger charge is -2.12. The number of nitrogens with one attached hydrogen (secondary N) is 3. The minimum atomic E-state index is -0.543. The number of carbonyl (C=O) groups is 4. The first-order valence-corrected chi connectivity index (χ1v) is 13.0. The fourth-order valence-electron chi connectivity index (χ4n) is 3.59. The Hall–Kier alpha value is -5.59. The van der Waals surface area contributed by atoms with Crippen molar-refractivity contribution in [3.63, 3.8) is 0 Å². The molecule has 0 atom stereocenters. The Labute approximate surface area is 248 Å². The molecule has 0 spiro atoms. The number of rotatable bonds is 14. The number of hydrogen-bond acceptors (Lipinski definition) is 10. The Morgan fingerprint density at radius 3 is 2.09 bits per heavy atom. The molecule has 0 unspecified atom stereocenters. The van der Waals surface area contributed by atoms with Crippen LogP contribution < -0.4 is 35.0 Å². The van der Waals surface area contributed by atoms with Gasteiger partial charge in [-0.25, -0.2) is 10.2 Å². The summed E-state index contributed by atoms with van der Waals surface area (Å²) in [6, 6.07) is 15.8. The quantitative estimate of drug-likeness (QED) is 0.145. The van der Waals surface area contributed by atoms with E-state index in [1.807, 2.05) is 0 Å². The highest BCUT2D eigenvalue weighted by Crippen LogP contribution is 2.28. The summed E-state index contributed by atoms with van der Waals surface area (Å²) < 4.78 is 26.2. The van der Waals surface area contributed by atoms with Crippen molar-refractivity contribution in [3.8, 4) is 23.0 Å². The summed E-state index contributed by atoms with van der Waals surface area (Å²) in [6.07, 6.45) is 1.38. The molecule has 3 rings (SSSR count). The zero-order valence-electron chi connectivity index (χ0n) is 24.1. The highest BCUT2D eigenvalue weighted by molar-refractivity contribution is 5.97. The van der Waals surface area contributed by atoms with E-state index in [0.29, 0.717) is 45.4 Å². The summed E-state index contributed by atoms with van der Waals surface area (Å²) in [4.78, 5) is 48.6. The predicted octanol–water partition coefficient (Wildman–Crippen LogP) is 2.79. The van der Waals surface area contributed by atoms with Crippen LogP contribution in [0.15, 0.2) is 65.8 Å². The molecule has 13 heteroatoms. The van der Waals surface area contributed by atoms with Gasteiger partial charge in [0.2, 0.25) is 0 Å². The minimum Gasteiger partial charge on any atom is -0.493 e. The second-order valence-electron chi connectivity index (χ2n) is 8.59. The largest absolute Gasteiger partial charge is 0.493 e. The van der Waals surface area contributed by atoms with Gasteiger partial charge in [-0.2, -0.15) is 5.10 Å². The van der Waals surface area contributed by atoms with Crippen LogP contribution in [-0.2, 0) is 14.3 Å². The van der Waals surface area contributed by atoms with Crippen LogP contribution >= 0.6 is 0 Å². The van der Waals surface area contributed by atoms with Crippen LogP contribution in [0.1, 0.15) is 33.2 Å². The third-order valence-electron chi connectivity index (χ3n) is 5.68. The first-order chi connectivity index (χ1) is 20.8. The number of anilines is 1. The summed E-state index contributed by atoms with van der Waals surface area (Å²) in [7, 11) is 4.39. The first kappa shape index (κ1) is 31.9. The van der Waals surface area contributed by atoms with Gasteiger partial charge < -0.3 is 34.3 Å². The summed E-state index contributed by atoms with van der Waals surface area (Å²) in [5.41, 5.74) is 4.07. The number of benzene rings is 3. The van der Waals surface area contributed by atoms with Crippen LogP contribution in [0, 0.1) is 0 Å². The smallest absolute Gasteiger partial charge is 0.338 e. The van der Waals surface area contributed by atoms with Crippen LogP contribution in [0.25, 0.3) is 0 Å². The van der Waals surface area contributed by atoms with Crippen LogP contribution in [0.2, 0.25) is 0 Å². The number of ether oxygens (including phenoxy) is 5. The molecule has 0 aliphatic heterocycles. The number of carbonyl (C=O) groups excluding carboxylic acids is 4. The Morgan fingerprint density at radius 2 is 1.42 bits per heavy atom. The van der Waals surface area contributed by atoms with E-state index in [4.69, 9.17) is 23.7 Å². The van der Waals surface area contributed by atoms with Gasteiger partial charge in [-0.1, -0.05) is 0 Å². The average Bonchev–Trinajstić information content (AvgIpc) is 3.02. The minimum absolute atomic E-state index is 0.271. The lowest BCUT2D eigenvalue weighted by atomic mass is 10.2. The zero-order chi connectivity index (χ0) is 31.2. The zero-order valence-corrected chi connectivity index (χ0v) is 24.1. The third-order valence-corrected chi connectivity index (χ3v) is 5.68. The van der Waals surface area contributed by atoms with E-state index < -0.39 is 23.7 Å². The molecule has 3 aromatic carbocycles. The monoisotopic (exact) mass is 592 g/mol. The van der Waals surface area contributed by atoms with Gasteiger partial charge in [0, 0.05) is 11.3 Å². The molecule has 0 saturated heterocycles. The number of methoxy groups -OCH3 is 3. The van der Waals surface area contributed by atoms with Gasteiger partial charge in [-0.3, -0.25) is 14.4 Å². The van der Waals surface area contributed by atoms with E-state index in [9.17, 15) is 19.2 Å². The van der Waals surface area contributed by atoms with Gasteiger partial charge >= 0.3 is 5.97 Å². The maximum absolute atomic E-state index is 12.4. The van der Waals surface area contributed by atoms with E-state index in [2.05, 4.69) is 21.2 Å². The molecule has 0 aliphatic rings. The maximum Gasteiger partial charge on any atom is 0.338 e. The van der Waals surface area contributed by atoms with Crippen LogP contribution in [0.5, 0.6) is 23.0 Å². The number of amides is 3. The van der Waals surface area contributed by atoms with Crippen molar-refractivity contribution in [3.05, 3.63) is 77.4 Å². The Balaban J connectivity index is 1.47. The number of esters is 1. The molecule has 0 fully saturated rings. The van der Waals surface area contributed by atoms with Gasteiger partial charge in [0.25, 0.3) is 17.7 Å².